The van der Waals surface area contributed by atoms with Gasteiger partial charge < -0.3 is 5.11 Å². The minimum atomic E-state index is -4.74. The van der Waals surface area contributed by atoms with Crippen molar-refractivity contribution < 1.29 is 23.1 Å². The van der Waals surface area contributed by atoms with Crippen LogP contribution in [-0.2, 0) is 12.6 Å². The van der Waals surface area contributed by atoms with Crippen LogP contribution in [0.3, 0.4) is 0 Å². The van der Waals surface area contributed by atoms with Gasteiger partial charge in [0.25, 0.3) is 0 Å². The van der Waals surface area contributed by atoms with Crippen molar-refractivity contribution in [3.63, 3.8) is 0 Å². The van der Waals surface area contributed by atoms with Crippen molar-refractivity contribution in [2.75, 3.05) is 0 Å². The van der Waals surface area contributed by atoms with Crippen molar-refractivity contribution in [3.8, 4) is 5.82 Å². The largest absolute Gasteiger partial charge is 0.476 e. The van der Waals surface area contributed by atoms with Gasteiger partial charge in [0, 0.05) is 16.2 Å². The van der Waals surface area contributed by atoms with E-state index < -0.39 is 23.5 Å². The maximum Gasteiger partial charge on any atom is 0.433 e. The molecule has 0 aliphatic heterocycles. The maximum absolute atomic E-state index is 13.2. The summed E-state index contributed by atoms with van der Waals surface area (Å²) in [7, 11) is 0. The molecule has 21 heavy (non-hydrogen) atoms. The first-order valence-electron chi connectivity index (χ1n) is 5.80. The number of hydrogen-bond donors (Lipinski definition) is 1. The molecule has 5 nitrogen and oxygen atoms in total. The zero-order chi connectivity index (χ0) is 15.8. The number of alkyl halides is 3. The van der Waals surface area contributed by atoms with Crippen LogP contribution in [-0.4, -0.2) is 25.8 Å². The second-order valence-corrected chi connectivity index (χ2v) is 4.99. The Morgan fingerprint density at radius 3 is 2.52 bits per heavy atom. The molecule has 0 fully saturated rings. The third kappa shape index (κ3) is 2.92. The molecule has 0 bridgehead atoms. The summed E-state index contributed by atoms with van der Waals surface area (Å²) in [6, 6.07) is 2.81. The molecule has 0 spiro atoms. The van der Waals surface area contributed by atoms with Crippen molar-refractivity contribution in [3.05, 3.63) is 39.8 Å². The number of aromatic nitrogens is 3. The number of carbonyl (C=O) groups is 1. The van der Waals surface area contributed by atoms with E-state index in [0.29, 0.717) is 9.15 Å². The van der Waals surface area contributed by atoms with Gasteiger partial charge in [0.15, 0.2) is 17.2 Å². The van der Waals surface area contributed by atoms with Gasteiger partial charge in [-0.1, -0.05) is 6.92 Å². The van der Waals surface area contributed by atoms with E-state index in [1.807, 2.05) is 0 Å². The Balaban J connectivity index is 2.75. The van der Waals surface area contributed by atoms with Crippen molar-refractivity contribution in [1.29, 1.82) is 0 Å². The van der Waals surface area contributed by atoms with Crippen LogP contribution in [0.5, 0.6) is 0 Å². The summed E-state index contributed by atoms with van der Waals surface area (Å²) in [6.45, 7) is 1.44. The average Bonchev–Trinajstić information content (AvgIpc) is 2.79. The van der Waals surface area contributed by atoms with Gasteiger partial charge in [-0.25, -0.2) is 14.5 Å². The second-order valence-electron chi connectivity index (χ2n) is 4.08. The molecular weight excluding hydrogens is 355 g/mol. The molecule has 0 unspecified atom stereocenters. The van der Waals surface area contributed by atoms with Crippen LogP contribution < -0.4 is 0 Å². The quantitative estimate of drug-likeness (QED) is 0.908. The van der Waals surface area contributed by atoms with Crippen molar-refractivity contribution in [2.45, 2.75) is 19.5 Å². The summed E-state index contributed by atoms with van der Waals surface area (Å²) in [5.74, 6) is -1.61. The molecule has 0 atom stereocenters. The Labute approximate surface area is 125 Å². The normalized spacial score (nSPS) is 11.7. The Morgan fingerprint density at radius 1 is 1.43 bits per heavy atom. The van der Waals surface area contributed by atoms with Gasteiger partial charge in [-0.2, -0.15) is 18.3 Å². The van der Waals surface area contributed by atoms with Crippen LogP contribution in [0.15, 0.2) is 22.8 Å². The molecular formula is C12H9BrF3N3O2. The van der Waals surface area contributed by atoms with Gasteiger partial charge >= 0.3 is 12.1 Å². The lowest BCUT2D eigenvalue weighted by Gasteiger charge is -2.11. The number of aromatic carboxylic acids is 1. The molecule has 1 N–H and O–H groups in total. The molecule has 2 heterocycles. The molecule has 0 saturated heterocycles. The van der Waals surface area contributed by atoms with Crippen LogP contribution in [0, 0.1) is 0 Å². The smallest absolute Gasteiger partial charge is 0.433 e. The maximum atomic E-state index is 13.2. The Kier molecular flexibility index (Phi) is 4.04. The van der Waals surface area contributed by atoms with E-state index >= 15 is 0 Å². The zero-order valence-electron chi connectivity index (χ0n) is 10.6. The predicted octanol–water partition coefficient (Wildman–Crippen LogP) is 3.31. The molecule has 2 aromatic rings. The molecule has 0 saturated carbocycles. The molecule has 0 radical (unpaired) electrons. The van der Waals surface area contributed by atoms with E-state index in [1.54, 1.807) is 0 Å². The minimum Gasteiger partial charge on any atom is -0.476 e. The molecule has 2 aromatic heterocycles. The summed E-state index contributed by atoms with van der Waals surface area (Å²) in [6.07, 6.45) is -3.53. The molecule has 0 aromatic carbocycles. The first-order chi connectivity index (χ1) is 9.75. The summed E-state index contributed by atoms with van der Waals surface area (Å²) in [4.78, 5) is 14.9. The van der Waals surface area contributed by atoms with Crippen molar-refractivity contribution in [1.82, 2.24) is 14.8 Å². The van der Waals surface area contributed by atoms with Gasteiger partial charge in [0.1, 0.15) is 0 Å². The average molecular weight is 364 g/mol. The number of pyridine rings is 1. The Hall–Kier alpha value is -1.90. The van der Waals surface area contributed by atoms with Crippen molar-refractivity contribution >= 4 is 21.9 Å². The first kappa shape index (κ1) is 15.5. The predicted molar refractivity (Wildman–Crippen MR) is 70.4 cm³/mol. The van der Waals surface area contributed by atoms with Gasteiger partial charge in [-0.05, 0) is 34.5 Å². The SMILES string of the molecule is CCc1c(C(=O)O)nn(-c2ccc(Br)cn2)c1C(F)(F)F. The fourth-order valence-corrected chi connectivity index (χ4v) is 2.14. The monoisotopic (exact) mass is 363 g/mol. The Bertz CT molecular complexity index is 680. The highest BCUT2D eigenvalue weighted by Crippen LogP contribution is 2.35. The third-order valence-electron chi connectivity index (χ3n) is 2.74. The lowest BCUT2D eigenvalue weighted by molar-refractivity contribution is -0.143. The van der Waals surface area contributed by atoms with E-state index in [4.69, 9.17) is 5.11 Å². The highest BCUT2D eigenvalue weighted by molar-refractivity contribution is 9.10. The van der Waals surface area contributed by atoms with E-state index in [1.165, 1.54) is 25.3 Å². The number of hydrogen-bond acceptors (Lipinski definition) is 3. The van der Waals surface area contributed by atoms with Crippen LogP contribution >= 0.6 is 15.9 Å². The van der Waals surface area contributed by atoms with E-state index in [0.717, 1.165) is 0 Å². The Morgan fingerprint density at radius 2 is 2.10 bits per heavy atom. The van der Waals surface area contributed by atoms with E-state index in [2.05, 4.69) is 26.0 Å². The van der Waals surface area contributed by atoms with Crippen LogP contribution in [0.1, 0.15) is 28.7 Å². The van der Waals surface area contributed by atoms with Crippen LogP contribution in [0.2, 0.25) is 0 Å². The lowest BCUT2D eigenvalue weighted by atomic mass is 10.1. The van der Waals surface area contributed by atoms with E-state index in [9.17, 15) is 18.0 Å². The van der Waals surface area contributed by atoms with Gasteiger partial charge in [0.05, 0.1) is 0 Å². The number of rotatable bonds is 3. The third-order valence-corrected chi connectivity index (χ3v) is 3.21. The zero-order valence-corrected chi connectivity index (χ0v) is 12.2. The molecule has 9 heteroatoms. The lowest BCUT2D eigenvalue weighted by Crippen LogP contribution is -2.16. The molecule has 112 valence electrons. The van der Waals surface area contributed by atoms with Crippen molar-refractivity contribution in [2.24, 2.45) is 0 Å². The molecule has 0 aliphatic carbocycles. The molecule has 2 rings (SSSR count). The van der Waals surface area contributed by atoms with E-state index in [-0.39, 0.29) is 17.8 Å². The highest BCUT2D eigenvalue weighted by atomic mass is 79.9. The summed E-state index contributed by atoms with van der Waals surface area (Å²) >= 11 is 3.12. The van der Waals surface area contributed by atoms with Crippen LogP contribution in [0.25, 0.3) is 5.82 Å². The number of carboxylic acid groups (broad SMARTS) is 1. The second kappa shape index (κ2) is 5.47. The number of nitrogens with zero attached hydrogens (tertiary/aromatic N) is 3. The number of halogens is 4. The molecule has 0 aliphatic rings. The van der Waals surface area contributed by atoms with Gasteiger partial charge in [0.2, 0.25) is 0 Å². The first-order valence-corrected chi connectivity index (χ1v) is 6.59. The highest BCUT2D eigenvalue weighted by Gasteiger charge is 2.41. The number of carboxylic acids is 1. The van der Waals surface area contributed by atoms with Gasteiger partial charge in [-0.15, -0.1) is 0 Å². The standard InChI is InChI=1S/C12H9BrF3N3O2/c1-2-7-9(11(20)21)18-19(10(7)12(14,15)16)8-4-3-6(13)5-17-8/h3-5H,2H2,1H3,(H,20,21). The summed E-state index contributed by atoms with van der Waals surface area (Å²) < 4.78 is 40.8. The fraction of sp³-hybridized carbons (Fsp3) is 0.250. The summed E-state index contributed by atoms with van der Waals surface area (Å²) in [5.41, 5.74) is -2.09. The minimum absolute atomic E-state index is 0.104. The summed E-state index contributed by atoms with van der Waals surface area (Å²) in [5, 5.41) is 12.6. The van der Waals surface area contributed by atoms with Crippen LogP contribution in [0.4, 0.5) is 13.2 Å². The molecule has 0 amide bonds. The van der Waals surface area contributed by atoms with Gasteiger partial charge in [-0.3, -0.25) is 0 Å². The fourth-order valence-electron chi connectivity index (χ4n) is 1.91. The topological polar surface area (TPSA) is 68.0 Å².